The molecule has 4 nitrogen and oxygen atoms in total. The van der Waals surface area contributed by atoms with Crippen molar-refractivity contribution in [3.8, 4) is 11.3 Å². The fraction of sp³-hybridized carbons (Fsp3) is 0.0476. The maximum Gasteiger partial charge on any atom is 0.293 e. The minimum absolute atomic E-state index is 0.0951. The van der Waals surface area contributed by atoms with E-state index in [-0.39, 0.29) is 22.5 Å². The first kappa shape index (κ1) is 19.8. The lowest BCUT2D eigenvalue weighted by Gasteiger charge is -2.12. The van der Waals surface area contributed by atoms with E-state index in [1.807, 2.05) is 0 Å². The van der Waals surface area contributed by atoms with Crippen molar-refractivity contribution >= 4 is 52.2 Å². The van der Waals surface area contributed by atoms with Gasteiger partial charge in [0.15, 0.2) is 0 Å². The average Bonchev–Trinajstić information content (AvgIpc) is 3.26. The van der Waals surface area contributed by atoms with E-state index >= 15 is 0 Å². The van der Waals surface area contributed by atoms with Crippen molar-refractivity contribution < 1.29 is 18.4 Å². The molecule has 1 aliphatic rings. The number of thioether (sulfide) groups is 1. The number of nitrogens with zero attached hydrogens (tertiary/aromatic N) is 1. The monoisotopic (exact) mass is 447 g/mol. The molecule has 2 aromatic carbocycles. The predicted molar refractivity (Wildman–Crippen MR) is 112 cm³/mol. The van der Waals surface area contributed by atoms with Crippen LogP contribution in [-0.4, -0.2) is 16.0 Å². The van der Waals surface area contributed by atoms with Crippen LogP contribution in [0.4, 0.5) is 9.18 Å². The van der Waals surface area contributed by atoms with Gasteiger partial charge in [-0.3, -0.25) is 14.5 Å². The van der Waals surface area contributed by atoms with Crippen LogP contribution in [-0.2, 0) is 11.3 Å². The lowest BCUT2D eigenvalue weighted by atomic mass is 10.2. The van der Waals surface area contributed by atoms with Crippen LogP contribution in [0.1, 0.15) is 11.3 Å². The number of amides is 2. The summed E-state index contributed by atoms with van der Waals surface area (Å²) in [7, 11) is 0. The van der Waals surface area contributed by atoms with Crippen LogP contribution >= 0.6 is 35.0 Å². The van der Waals surface area contributed by atoms with E-state index in [1.54, 1.807) is 42.5 Å². The molecule has 0 atom stereocenters. The number of hydrogen-bond acceptors (Lipinski definition) is 4. The van der Waals surface area contributed by atoms with Gasteiger partial charge in [0.25, 0.3) is 11.1 Å². The van der Waals surface area contributed by atoms with Crippen molar-refractivity contribution in [3.63, 3.8) is 0 Å². The molecule has 4 rings (SSSR count). The second-order valence-corrected chi connectivity index (χ2v) is 8.03. The molecule has 1 aliphatic heterocycles. The highest BCUT2D eigenvalue weighted by Crippen LogP contribution is 2.35. The molecule has 0 unspecified atom stereocenters. The lowest BCUT2D eigenvalue weighted by Crippen LogP contribution is -2.27. The van der Waals surface area contributed by atoms with Crippen molar-refractivity contribution in [3.05, 3.63) is 86.7 Å². The first-order chi connectivity index (χ1) is 13.9. The summed E-state index contributed by atoms with van der Waals surface area (Å²) >= 11 is 12.7. The molecule has 146 valence electrons. The number of hydrogen-bond donors (Lipinski definition) is 0. The van der Waals surface area contributed by atoms with Gasteiger partial charge in [0.05, 0.1) is 21.5 Å². The fourth-order valence-corrected chi connectivity index (χ4v) is 3.92. The molecule has 1 fully saturated rings. The number of rotatable bonds is 4. The second-order valence-electron chi connectivity index (χ2n) is 6.23. The van der Waals surface area contributed by atoms with E-state index in [2.05, 4.69) is 0 Å². The molecule has 0 spiro atoms. The Morgan fingerprint density at radius 1 is 1.00 bits per heavy atom. The summed E-state index contributed by atoms with van der Waals surface area (Å²) < 4.78 is 18.8. The Balaban J connectivity index is 1.53. The van der Waals surface area contributed by atoms with Gasteiger partial charge in [0.2, 0.25) is 0 Å². The Hall–Kier alpha value is -2.54. The third-order valence-corrected chi connectivity index (χ3v) is 5.87. The molecule has 0 saturated carbocycles. The lowest BCUT2D eigenvalue weighted by molar-refractivity contribution is -0.123. The Bertz CT molecular complexity index is 1140. The molecule has 0 aliphatic carbocycles. The number of halogens is 3. The predicted octanol–water partition coefficient (Wildman–Crippen LogP) is 6.63. The third kappa shape index (κ3) is 4.24. The largest absolute Gasteiger partial charge is 0.457 e. The van der Waals surface area contributed by atoms with Gasteiger partial charge in [-0.15, -0.1) is 0 Å². The van der Waals surface area contributed by atoms with Crippen molar-refractivity contribution in [1.29, 1.82) is 0 Å². The van der Waals surface area contributed by atoms with Crippen LogP contribution < -0.4 is 0 Å². The van der Waals surface area contributed by atoms with Gasteiger partial charge in [0.1, 0.15) is 17.3 Å². The second kappa shape index (κ2) is 8.06. The summed E-state index contributed by atoms with van der Waals surface area (Å²) in [4.78, 5) is 26.4. The Morgan fingerprint density at radius 2 is 1.76 bits per heavy atom. The SMILES string of the molecule is O=C1S/C(=C\c2ccc(-c3ccc(F)cc3)o2)C(=O)N1Cc1ccc(Cl)c(Cl)c1. The van der Waals surface area contributed by atoms with Crippen molar-refractivity contribution in [1.82, 2.24) is 4.90 Å². The van der Waals surface area contributed by atoms with E-state index in [0.717, 1.165) is 16.7 Å². The smallest absolute Gasteiger partial charge is 0.293 e. The van der Waals surface area contributed by atoms with Gasteiger partial charge in [-0.05, 0) is 65.9 Å². The van der Waals surface area contributed by atoms with Gasteiger partial charge in [-0.25, -0.2) is 4.39 Å². The molecule has 1 saturated heterocycles. The fourth-order valence-electron chi connectivity index (χ4n) is 2.79. The Labute approximate surface area is 179 Å². The van der Waals surface area contributed by atoms with Crippen LogP contribution in [0.5, 0.6) is 0 Å². The number of carbonyl (C=O) groups excluding carboxylic acids is 2. The molecule has 0 N–H and O–H groups in total. The minimum atomic E-state index is -0.411. The molecule has 1 aromatic heterocycles. The normalized spacial score (nSPS) is 15.6. The summed E-state index contributed by atoms with van der Waals surface area (Å²) in [6.07, 6.45) is 1.52. The molecule has 8 heteroatoms. The maximum atomic E-state index is 13.1. The minimum Gasteiger partial charge on any atom is -0.457 e. The van der Waals surface area contributed by atoms with Crippen LogP contribution in [0, 0.1) is 5.82 Å². The molecular weight excluding hydrogens is 436 g/mol. The zero-order valence-electron chi connectivity index (χ0n) is 14.7. The van der Waals surface area contributed by atoms with Crippen LogP contribution in [0.25, 0.3) is 17.4 Å². The zero-order chi connectivity index (χ0) is 20.5. The Morgan fingerprint density at radius 3 is 2.48 bits per heavy atom. The van der Waals surface area contributed by atoms with E-state index < -0.39 is 5.91 Å². The van der Waals surface area contributed by atoms with Crippen LogP contribution in [0.2, 0.25) is 10.0 Å². The van der Waals surface area contributed by atoms with Gasteiger partial charge >= 0.3 is 0 Å². The van der Waals surface area contributed by atoms with Crippen molar-refractivity contribution in [2.45, 2.75) is 6.54 Å². The van der Waals surface area contributed by atoms with Gasteiger partial charge in [-0.2, -0.15) is 0 Å². The molecule has 2 heterocycles. The van der Waals surface area contributed by atoms with Gasteiger partial charge < -0.3 is 4.42 Å². The van der Waals surface area contributed by atoms with E-state index in [0.29, 0.717) is 32.7 Å². The topological polar surface area (TPSA) is 50.5 Å². The quantitative estimate of drug-likeness (QED) is 0.421. The number of carbonyl (C=O) groups is 2. The highest BCUT2D eigenvalue weighted by Gasteiger charge is 2.35. The first-order valence-corrected chi connectivity index (χ1v) is 10.0. The summed E-state index contributed by atoms with van der Waals surface area (Å²) in [6, 6.07) is 14.2. The van der Waals surface area contributed by atoms with E-state index in [1.165, 1.54) is 18.2 Å². The molecule has 2 amide bonds. The summed E-state index contributed by atoms with van der Waals surface area (Å²) in [5, 5.41) is 0.382. The zero-order valence-corrected chi connectivity index (χ0v) is 17.0. The molecule has 3 aromatic rings. The van der Waals surface area contributed by atoms with Crippen LogP contribution in [0.15, 0.2) is 63.9 Å². The average molecular weight is 448 g/mol. The Kier molecular flexibility index (Phi) is 5.50. The van der Waals surface area contributed by atoms with E-state index in [4.69, 9.17) is 27.6 Å². The van der Waals surface area contributed by atoms with Crippen molar-refractivity contribution in [2.24, 2.45) is 0 Å². The molecular formula is C21H12Cl2FNO3S. The molecule has 0 radical (unpaired) electrons. The number of benzene rings is 2. The van der Waals surface area contributed by atoms with E-state index in [9.17, 15) is 14.0 Å². The summed E-state index contributed by atoms with van der Waals surface area (Å²) in [6.45, 7) is 0.0951. The van der Waals surface area contributed by atoms with Crippen LogP contribution in [0.3, 0.4) is 0 Å². The summed E-state index contributed by atoms with van der Waals surface area (Å²) in [5.41, 5.74) is 1.40. The highest BCUT2D eigenvalue weighted by atomic mass is 35.5. The maximum absolute atomic E-state index is 13.1. The highest BCUT2D eigenvalue weighted by molar-refractivity contribution is 8.18. The van der Waals surface area contributed by atoms with Gasteiger partial charge in [-0.1, -0.05) is 29.3 Å². The molecule has 29 heavy (non-hydrogen) atoms. The number of furan rings is 1. The number of imide groups is 1. The first-order valence-electron chi connectivity index (χ1n) is 8.46. The summed E-state index contributed by atoms with van der Waals surface area (Å²) in [5.74, 6) is 0.206. The standard InChI is InChI=1S/C21H12Cl2FNO3S/c22-16-7-1-12(9-17(16)23)11-25-20(26)19(29-21(25)27)10-15-6-8-18(28-15)13-2-4-14(24)5-3-13/h1-10H,11H2/b19-10-. The van der Waals surface area contributed by atoms with Gasteiger partial charge in [0, 0.05) is 11.6 Å². The molecule has 0 bridgehead atoms. The van der Waals surface area contributed by atoms with Crippen molar-refractivity contribution in [2.75, 3.05) is 0 Å². The third-order valence-electron chi connectivity index (χ3n) is 4.23.